The summed E-state index contributed by atoms with van der Waals surface area (Å²) in [6, 6.07) is 4.54. The molecule has 0 saturated carbocycles. The summed E-state index contributed by atoms with van der Waals surface area (Å²) in [6.45, 7) is 3.39. The first-order valence-corrected chi connectivity index (χ1v) is 12.7. The molecule has 0 N–H and O–H groups in total. The molecule has 0 bridgehead atoms. The van der Waals surface area contributed by atoms with Crippen LogP contribution in [0.25, 0.3) is 10.6 Å². The maximum absolute atomic E-state index is 13.5. The molecular formula is C21H20ClFN6O2S2. The molecule has 0 radical (unpaired) electrons. The summed E-state index contributed by atoms with van der Waals surface area (Å²) in [6.07, 6.45) is 5.69. The fourth-order valence-electron chi connectivity index (χ4n) is 3.20. The van der Waals surface area contributed by atoms with Gasteiger partial charge in [0, 0.05) is 36.7 Å². The summed E-state index contributed by atoms with van der Waals surface area (Å²) in [5, 5.41) is 10.5. The topological polar surface area (TPSA) is 112 Å². The van der Waals surface area contributed by atoms with Crippen LogP contribution in [0.2, 0.25) is 5.15 Å². The first kappa shape index (κ1) is 24.7. The number of nitrogens with zero attached hydrogens (tertiary/aromatic N) is 6. The van der Waals surface area contributed by atoms with Gasteiger partial charge in [-0.05, 0) is 24.6 Å². The third kappa shape index (κ3) is 6.10. The Bertz CT molecular complexity index is 1330. The molecule has 0 aliphatic carbocycles. The van der Waals surface area contributed by atoms with Crippen molar-refractivity contribution in [3.63, 3.8) is 0 Å². The summed E-state index contributed by atoms with van der Waals surface area (Å²) >= 11 is 7.02. The van der Waals surface area contributed by atoms with Crippen molar-refractivity contribution in [2.75, 3.05) is 17.7 Å². The zero-order chi connectivity index (χ0) is 24.2. The molecule has 2 atom stereocenters. The highest BCUT2D eigenvalue weighted by molar-refractivity contribution is 7.92. The van der Waals surface area contributed by atoms with Crippen LogP contribution in [0.4, 0.5) is 9.39 Å². The Hall–Kier alpha value is -2.94. The number of pyridine rings is 2. The van der Waals surface area contributed by atoms with Crippen LogP contribution in [0.3, 0.4) is 0 Å². The predicted octanol–water partition coefficient (Wildman–Crippen LogP) is 4.45. The van der Waals surface area contributed by atoms with E-state index in [1.54, 1.807) is 39.2 Å². The highest BCUT2D eigenvalue weighted by atomic mass is 35.5. The molecule has 3 heterocycles. The quantitative estimate of drug-likeness (QED) is 0.345. The van der Waals surface area contributed by atoms with Crippen molar-refractivity contribution in [1.29, 1.82) is 5.26 Å². The van der Waals surface area contributed by atoms with E-state index in [-0.39, 0.29) is 17.4 Å². The molecule has 2 unspecified atom stereocenters. The monoisotopic (exact) mass is 506 g/mol. The smallest absolute Gasteiger partial charge is 0.231 e. The highest BCUT2D eigenvalue weighted by Crippen LogP contribution is 2.34. The zero-order valence-electron chi connectivity index (χ0n) is 18.0. The van der Waals surface area contributed by atoms with Gasteiger partial charge in [0.25, 0.3) is 0 Å². The van der Waals surface area contributed by atoms with Crippen molar-refractivity contribution in [3.05, 3.63) is 59.0 Å². The Balaban J connectivity index is 1.79. The van der Waals surface area contributed by atoms with Crippen molar-refractivity contribution >= 4 is 43.6 Å². The number of rotatable bonds is 7. The molecular weight excluding hydrogens is 487 g/mol. The lowest BCUT2D eigenvalue weighted by atomic mass is 10.2. The van der Waals surface area contributed by atoms with Gasteiger partial charge in [-0.3, -0.25) is 9.78 Å². The molecule has 3 aromatic rings. The average molecular weight is 507 g/mol. The van der Waals surface area contributed by atoms with Gasteiger partial charge in [0.1, 0.15) is 21.0 Å². The SMILES string of the molecule is Cc1nc(-c2cncc(F)c2)sc1N(C)C(=O)C(C)CS(=O)(Cc1ccc(Cl)nc1)=NC#N. The number of carbonyl (C=O) groups is 1. The molecule has 12 heteroatoms. The largest absolute Gasteiger partial charge is 0.305 e. The molecule has 1 amide bonds. The minimum Gasteiger partial charge on any atom is -0.305 e. The van der Waals surface area contributed by atoms with Crippen LogP contribution < -0.4 is 4.90 Å². The number of anilines is 1. The van der Waals surface area contributed by atoms with Gasteiger partial charge < -0.3 is 4.90 Å². The highest BCUT2D eigenvalue weighted by Gasteiger charge is 2.27. The van der Waals surface area contributed by atoms with E-state index < -0.39 is 21.5 Å². The van der Waals surface area contributed by atoms with Gasteiger partial charge in [-0.25, -0.2) is 18.6 Å². The number of carbonyl (C=O) groups excluding carboxylic acids is 1. The van der Waals surface area contributed by atoms with E-state index in [0.29, 0.717) is 32.0 Å². The molecule has 0 spiro atoms. The van der Waals surface area contributed by atoms with E-state index in [9.17, 15) is 13.4 Å². The number of aryl methyl sites for hydroxylation is 1. The number of nitriles is 1. The number of thiazole rings is 1. The lowest BCUT2D eigenvalue weighted by Crippen LogP contribution is -2.35. The second-order valence-electron chi connectivity index (χ2n) is 7.36. The molecule has 3 rings (SSSR count). The third-order valence-corrected chi connectivity index (χ3v) is 8.41. The summed E-state index contributed by atoms with van der Waals surface area (Å²) in [7, 11) is -1.45. The molecule has 0 aliphatic rings. The van der Waals surface area contributed by atoms with Crippen molar-refractivity contribution in [1.82, 2.24) is 15.0 Å². The van der Waals surface area contributed by atoms with Gasteiger partial charge >= 0.3 is 0 Å². The minimum absolute atomic E-state index is 0.0254. The van der Waals surface area contributed by atoms with Crippen molar-refractivity contribution in [2.45, 2.75) is 19.6 Å². The zero-order valence-corrected chi connectivity index (χ0v) is 20.4. The number of hydrogen-bond acceptors (Lipinski definition) is 8. The maximum Gasteiger partial charge on any atom is 0.231 e. The van der Waals surface area contributed by atoms with E-state index in [4.69, 9.17) is 16.9 Å². The Morgan fingerprint density at radius 2 is 2.15 bits per heavy atom. The molecule has 0 aliphatic heterocycles. The predicted molar refractivity (Wildman–Crippen MR) is 127 cm³/mol. The van der Waals surface area contributed by atoms with Crippen LogP contribution >= 0.6 is 22.9 Å². The van der Waals surface area contributed by atoms with E-state index in [1.807, 2.05) is 0 Å². The van der Waals surface area contributed by atoms with Crippen LogP contribution in [0.15, 0.2) is 41.2 Å². The second-order valence-corrected chi connectivity index (χ2v) is 11.1. The summed E-state index contributed by atoms with van der Waals surface area (Å²) < 4.78 is 30.5. The molecule has 0 fully saturated rings. The summed E-state index contributed by atoms with van der Waals surface area (Å²) in [5.41, 5.74) is 1.70. The van der Waals surface area contributed by atoms with E-state index in [2.05, 4.69) is 19.3 Å². The van der Waals surface area contributed by atoms with E-state index >= 15 is 0 Å². The summed E-state index contributed by atoms with van der Waals surface area (Å²) in [4.78, 5) is 26.8. The van der Waals surface area contributed by atoms with Crippen LogP contribution in [0, 0.1) is 30.1 Å². The molecule has 33 heavy (non-hydrogen) atoms. The number of amides is 1. The summed E-state index contributed by atoms with van der Waals surface area (Å²) in [5.74, 6) is -1.61. The molecule has 172 valence electrons. The first-order valence-electron chi connectivity index (χ1n) is 9.69. The minimum atomic E-state index is -3.05. The van der Waals surface area contributed by atoms with Crippen LogP contribution in [-0.2, 0) is 20.3 Å². The van der Waals surface area contributed by atoms with Gasteiger partial charge in [-0.2, -0.15) is 5.26 Å². The Morgan fingerprint density at radius 1 is 1.39 bits per heavy atom. The Kier molecular flexibility index (Phi) is 7.73. The first-order chi connectivity index (χ1) is 15.6. The van der Waals surface area contributed by atoms with Gasteiger partial charge in [0.05, 0.1) is 27.4 Å². The van der Waals surface area contributed by atoms with E-state index in [1.165, 1.54) is 34.7 Å². The normalized spacial score (nSPS) is 13.6. The van der Waals surface area contributed by atoms with E-state index in [0.717, 1.165) is 6.20 Å². The fraction of sp³-hybridized carbons (Fsp3) is 0.286. The fourth-order valence-corrected chi connectivity index (χ4v) is 6.35. The van der Waals surface area contributed by atoms with Crippen LogP contribution in [0.1, 0.15) is 18.2 Å². The van der Waals surface area contributed by atoms with Gasteiger partial charge in [0.2, 0.25) is 12.1 Å². The molecule has 0 aromatic carbocycles. The molecule has 8 nitrogen and oxygen atoms in total. The van der Waals surface area contributed by atoms with Gasteiger partial charge in [-0.15, -0.1) is 4.36 Å². The number of aromatic nitrogens is 3. The van der Waals surface area contributed by atoms with Gasteiger partial charge in [-0.1, -0.05) is 35.9 Å². The number of hydrogen-bond donors (Lipinski definition) is 0. The Morgan fingerprint density at radius 3 is 2.79 bits per heavy atom. The van der Waals surface area contributed by atoms with Crippen molar-refractivity contribution in [3.8, 4) is 16.8 Å². The third-order valence-electron chi connectivity index (χ3n) is 4.68. The number of halogens is 2. The Labute approximate surface area is 200 Å². The molecule has 3 aromatic heterocycles. The van der Waals surface area contributed by atoms with Crippen LogP contribution in [0.5, 0.6) is 0 Å². The lowest BCUT2D eigenvalue weighted by molar-refractivity contribution is -0.120. The van der Waals surface area contributed by atoms with Crippen LogP contribution in [-0.4, -0.2) is 37.9 Å². The standard InChI is InChI=1S/C21H20ClFN6O2S2/c1-13(10-33(31,27-12-24)11-15-4-5-18(22)26-7-15)20(30)29(3)21-14(2)28-19(32-21)16-6-17(23)9-25-8-16/h4-9,13H,10-11H2,1-3H3. The van der Waals surface area contributed by atoms with Gasteiger partial charge in [0.15, 0.2) is 0 Å². The van der Waals surface area contributed by atoms with Crippen molar-refractivity contribution in [2.24, 2.45) is 10.3 Å². The molecule has 0 saturated heterocycles. The maximum atomic E-state index is 13.5. The average Bonchev–Trinajstić information content (AvgIpc) is 3.16. The lowest BCUT2D eigenvalue weighted by Gasteiger charge is -2.21. The van der Waals surface area contributed by atoms with Crippen molar-refractivity contribution < 1.29 is 13.4 Å². The second kappa shape index (κ2) is 10.3.